The van der Waals surface area contributed by atoms with Crippen LogP contribution in [0.5, 0.6) is 0 Å². The third kappa shape index (κ3) is 8.90. The highest BCUT2D eigenvalue weighted by Crippen LogP contribution is 2.29. The molecule has 0 spiro atoms. The van der Waals surface area contributed by atoms with Gasteiger partial charge < -0.3 is 22.0 Å². The molecule has 8 heteroatoms. The van der Waals surface area contributed by atoms with Gasteiger partial charge in [-0.25, -0.2) is 4.79 Å². The summed E-state index contributed by atoms with van der Waals surface area (Å²) in [5, 5.41) is 0. The second kappa shape index (κ2) is 11.9. The van der Waals surface area contributed by atoms with Crippen LogP contribution in [0.3, 0.4) is 0 Å². The smallest absolute Gasteiger partial charge is 0.455 e. The topological polar surface area (TPSA) is 30.2 Å². The SMILES string of the molecule is CC(C)(C)OC(=O)C[n+]1c(-c2ccccc2)cc(-c2ccccc2)cc1-c1ccccc1.F[B-](F)(F)F. The van der Waals surface area contributed by atoms with Crippen molar-refractivity contribution < 1.29 is 31.4 Å². The van der Waals surface area contributed by atoms with Crippen LogP contribution in [0.1, 0.15) is 20.8 Å². The third-order valence-corrected chi connectivity index (χ3v) is 5.12. The zero-order valence-electron chi connectivity index (χ0n) is 20.9. The van der Waals surface area contributed by atoms with Gasteiger partial charge in [-0.15, -0.1) is 0 Å². The van der Waals surface area contributed by atoms with Crippen molar-refractivity contribution in [3.63, 3.8) is 0 Å². The number of carbonyl (C=O) groups excluding carboxylic acids is 1. The molecule has 0 bridgehead atoms. The van der Waals surface area contributed by atoms with Gasteiger partial charge in [0, 0.05) is 23.3 Å². The number of nitrogens with zero attached hydrogens (tertiary/aromatic N) is 1. The Morgan fingerprint density at radius 3 is 1.38 bits per heavy atom. The van der Waals surface area contributed by atoms with Crippen LogP contribution in [-0.4, -0.2) is 18.8 Å². The van der Waals surface area contributed by atoms with E-state index in [0.717, 1.165) is 33.6 Å². The van der Waals surface area contributed by atoms with E-state index in [1.165, 1.54) is 0 Å². The average Bonchev–Trinajstić information content (AvgIpc) is 2.83. The molecule has 0 amide bonds. The van der Waals surface area contributed by atoms with Crippen molar-refractivity contribution in [1.82, 2.24) is 0 Å². The minimum Gasteiger partial charge on any atom is -0.455 e. The van der Waals surface area contributed by atoms with Gasteiger partial charge in [-0.1, -0.05) is 66.7 Å². The molecule has 0 atom stereocenters. The van der Waals surface area contributed by atoms with Crippen LogP contribution in [-0.2, 0) is 16.1 Å². The Hall–Kier alpha value is -3.94. The van der Waals surface area contributed by atoms with Crippen molar-refractivity contribution in [3.05, 3.63) is 103 Å². The molecule has 0 aliphatic carbocycles. The molecule has 4 aromatic rings. The normalized spacial score (nSPS) is 11.3. The molecule has 3 aromatic carbocycles. The first kappa shape index (κ1) is 27.6. The van der Waals surface area contributed by atoms with Crippen LogP contribution < -0.4 is 4.57 Å². The number of carbonyl (C=O) groups is 1. The fourth-order valence-electron chi connectivity index (χ4n) is 3.79. The standard InChI is InChI=1S/C29H28NO2.BF4/c1-29(2,3)32-28(31)21-30-26(23-15-9-5-10-16-23)19-25(22-13-7-4-8-14-22)20-27(30)24-17-11-6-12-18-24;2-1(3,4)5/h4-20H,21H2,1-3H3;/q+1;-1. The number of rotatable bonds is 5. The summed E-state index contributed by atoms with van der Waals surface area (Å²) in [4.78, 5) is 12.9. The lowest BCUT2D eigenvalue weighted by Gasteiger charge is -2.19. The number of hydrogen-bond acceptors (Lipinski definition) is 2. The number of hydrogen-bond donors (Lipinski definition) is 0. The summed E-state index contributed by atoms with van der Waals surface area (Å²) >= 11 is 0. The first-order valence-electron chi connectivity index (χ1n) is 11.7. The molecule has 1 aromatic heterocycles. The van der Waals surface area contributed by atoms with Crippen molar-refractivity contribution >= 4 is 13.2 Å². The molecule has 0 radical (unpaired) electrons. The minimum absolute atomic E-state index is 0.126. The van der Waals surface area contributed by atoms with E-state index in [-0.39, 0.29) is 12.5 Å². The fourth-order valence-corrected chi connectivity index (χ4v) is 3.79. The van der Waals surface area contributed by atoms with E-state index in [0.29, 0.717) is 0 Å². The van der Waals surface area contributed by atoms with E-state index in [2.05, 4.69) is 53.1 Å². The van der Waals surface area contributed by atoms with Crippen molar-refractivity contribution in [3.8, 4) is 33.6 Å². The van der Waals surface area contributed by atoms with Crippen molar-refractivity contribution in [2.45, 2.75) is 32.9 Å². The first-order chi connectivity index (χ1) is 17.4. The predicted molar refractivity (Wildman–Crippen MR) is 139 cm³/mol. The van der Waals surface area contributed by atoms with Gasteiger partial charge in [0.15, 0.2) is 0 Å². The quantitative estimate of drug-likeness (QED) is 0.120. The monoisotopic (exact) mass is 509 g/mol. The highest BCUT2D eigenvalue weighted by atomic mass is 19.5. The van der Waals surface area contributed by atoms with Crippen molar-refractivity contribution in [1.29, 1.82) is 0 Å². The predicted octanol–water partition coefficient (Wildman–Crippen LogP) is 7.62. The summed E-state index contributed by atoms with van der Waals surface area (Å²) in [5.41, 5.74) is 5.72. The van der Waals surface area contributed by atoms with Crippen LogP contribution in [0.2, 0.25) is 0 Å². The summed E-state index contributed by atoms with van der Waals surface area (Å²) in [6.07, 6.45) is 0. The molecule has 0 aliphatic heterocycles. The zero-order valence-corrected chi connectivity index (χ0v) is 20.9. The number of aromatic nitrogens is 1. The maximum absolute atomic E-state index is 12.9. The highest BCUT2D eigenvalue weighted by molar-refractivity contribution is 6.50. The molecule has 37 heavy (non-hydrogen) atoms. The van der Waals surface area contributed by atoms with Gasteiger partial charge in [0.1, 0.15) is 5.60 Å². The molecule has 0 unspecified atom stereocenters. The average molecular weight is 509 g/mol. The van der Waals surface area contributed by atoms with E-state index >= 15 is 0 Å². The fraction of sp³-hybridized carbons (Fsp3) is 0.172. The van der Waals surface area contributed by atoms with Gasteiger partial charge >= 0.3 is 13.2 Å². The lowest BCUT2D eigenvalue weighted by molar-refractivity contribution is -0.664. The second-order valence-corrected chi connectivity index (χ2v) is 9.28. The summed E-state index contributed by atoms with van der Waals surface area (Å²) in [6.45, 7) is 5.81. The zero-order chi connectivity index (χ0) is 27.1. The van der Waals surface area contributed by atoms with Gasteiger partial charge in [-0.3, -0.25) is 0 Å². The van der Waals surface area contributed by atoms with Crippen molar-refractivity contribution in [2.24, 2.45) is 0 Å². The Labute approximate surface area is 214 Å². The van der Waals surface area contributed by atoms with Gasteiger partial charge in [0.05, 0.1) is 0 Å². The van der Waals surface area contributed by atoms with E-state index < -0.39 is 12.9 Å². The molecular weight excluding hydrogens is 481 g/mol. The van der Waals surface area contributed by atoms with E-state index in [1.54, 1.807) is 0 Å². The maximum atomic E-state index is 12.9. The lowest BCUT2D eigenvalue weighted by atomic mass is 9.99. The van der Waals surface area contributed by atoms with E-state index in [9.17, 15) is 22.1 Å². The molecular formula is C29H28BF4NO2. The Morgan fingerprint density at radius 1 is 0.676 bits per heavy atom. The molecule has 0 saturated carbocycles. The van der Waals surface area contributed by atoms with Gasteiger partial charge in [-0.05, 0) is 56.2 Å². The minimum atomic E-state index is -6.00. The Morgan fingerprint density at radius 2 is 1.03 bits per heavy atom. The molecule has 3 nitrogen and oxygen atoms in total. The lowest BCUT2D eigenvalue weighted by Crippen LogP contribution is -2.44. The van der Waals surface area contributed by atoms with Crippen LogP contribution >= 0.6 is 0 Å². The number of halogens is 4. The van der Waals surface area contributed by atoms with Crippen molar-refractivity contribution in [2.75, 3.05) is 0 Å². The van der Waals surface area contributed by atoms with Crippen LogP contribution in [0.4, 0.5) is 17.3 Å². The molecule has 0 aliphatic rings. The Bertz CT molecular complexity index is 1240. The third-order valence-electron chi connectivity index (χ3n) is 5.12. The van der Waals surface area contributed by atoms with Crippen LogP contribution in [0.15, 0.2) is 103 Å². The Balaban J connectivity index is 0.000000695. The first-order valence-corrected chi connectivity index (χ1v) is 11.7. The van der Waals surface area contributed by atoms with Gasteiger partial charge in [0.25, 0.3) is 0 Å². The molecule has 0 N–H and O–H groups in total. The molecule has 192 valence electrons. The summed E-state index contributed by atoms with van der Waals surface area (Å²) < 4.78 is 46.7. The molecule has 0 fully saturated rings. The summed E-state index contributed by atoms with van der Waals surface area (Å²) in [7, 11) is -6.00. The molecule has 4 rings (SSSR count). The van der Waals surface area contributed by atoms with E-state index in [4.69, 9.17) is 4.74 Å². The number of ether oxygens (including phenoxy) is 1. The Kier molecular flexibility index (Phi) is 8.87. The number of esters is 1. The largest absolute Gasteiger partial charge is 0.673 e. The van der Waals surface area contributed by atoms with Crippen LogP contribution in [0, 0.1) is 0 Å². The van der Waals surface area contributed by atoms with E-state index in [1.807, 2.05) is 75.4 Å². The summed E-state index contributed by atoms with van der Waals surface area (Å²) in [6, 6.07) is 35.0. The van der Waals surface area contributed by atoms with Gasteiger partial charge in [-0.2, -0.15) is 4.57 Å². The number of pyridine rings is 1. The number of benzene rings is 3. The summed E-state index contributed by atoms with van der Waals surface area (Å²) in [5.74, 6) is -0.260. The molecule has 1 heterocycles. The second-order valence-electron chi connectivity index (χ2n) is 9.28. The molecule has 0 saturated heterocycles. The maximum Gasteiger partial charge on any atom is 0.673 e. The van der Waals surface area contributed by atoms with Gasteiger partial charge in [0.2, 0.25) is 17.9 Å². The highest BCUT2D eigenvalue weighted by Gasteiger charge is 2.27. The van der Waals surface area contributed by atoms with Crippen LogP contribution in [0.25, 0.3) is 33.6 Å².